The maximum absolute atomic E-state index is 13.4. The SMILES string of the molecule is CCOc1ccc(C(=O)NC(C)c2ccccc2)cc1CN(c1ccc(F)cc1)S(C)(=O)=O. The van der Waals surface area contributed by atoms with Crippen molar-refractivity contribution < 1.29 is 22.3 Å². The summed E-state index contributed by atoms with van der Waals surface area (Å²) < 4.78 is 45.3. The van der Waals surface area contributed by atoms with Gasteiger partial charge >= 0.3 is 0 Å². The highest BCUT2D eigenvalue weighted by molar-refractivity contribution is 7.92. The van der Waals surface area contributed by atoms with Gasteiger partial charge in [-0.15, -0.1) is 0 Å². The van der Waals surface area contributed by atoms with Crippen molar-refractivity contribution in [2.75, 3.05) is 17.2 Å². The average Bonchev–Trinajstić information content (AvgIpc) is 2.79. The number of sulfonamides is 1. The molecule has 3 aromatic rings. The van der Waals surface area contributed by atoms with E-state index in [2.05, 4.69) is 5.32 Å². The summed E-state index contributed by atoms with van der Waals surface area (Å²) in [6.07, 6.45) is 1.08. The highest BCUT2D eigenvalue weighted by Crippen LogP contribution is 2.27. The number of halogens is 1. The predicted molar refractivity (Wildman–Crippen MR) is 127 cm³/mol. The number of nitrogens with one attached hydrogen (secondary N) is 1. The van der Waals surface area contributed by atoms with E-state index in [9.17, 15) is 17.6 Å². The van der Waals surface area contributed by atoms with Crippen molar-refractivity contribution >= 4 is 21.6 Å². The number of anilines is 1. The molecule has 6 nitrogen and oxygen atoms in total. The number of hydrogen-bond acceptors (Lipinski definition) is 4. The molecule has 3 rings (SSSR count). The van der Waals surface area contributed by atoms with Gasteiger partial charge in [0, 0.05) is 11.1 Å². The minimum Gasteiger partial charge on any atom is -0.494 e. The fourth-order valence-electron chi connectivity index (χ4n) is 3.41. The standard InChI is InChI=1S/C25H27FN2O4S/c1-4-32-24-15-10-20(25(29)27-18(2)19-8-6-5-7-9-19)16-21(24)17-28(33(3,30)31)23-13-11-22(26)12-14-23/h5-16,18H,4,17H2,1-3H3,(H,27,29). The molecule has 0 saturated heterocycles. The van der Waals surface area contributed by atoms with E-state index in [1.807, 2.05) is 44.2 Å². The van der Waals surface area contributed by atoms with Crippen molar-refractivity contribution in [3.8, 4) is 5.75 Å². The molecule has 1 unspecified atom stereocenters. The van der Waals surface area contributed by atoms with Crippen LogP contribution < -0.4 is 14.4 Å². The van der Waals surface area contributed by atoms with Crippen molar-refractivity contribution in [3.63, 3.8) is 0 Å². The maximum atomic E-state index is 13.4. The second-order valence-electron chi connectivity index (χ2n) is 7.61. The van der Waals surface area contributed by atoms with Crippen molar-refractivity contribution in [2.45, 2.75) is 26.4 Å². The molecule has 8 heteroatoms. The molecule has 1 atom stereocenters. The van der Waals surface area contributed by atoms with Gasteiger partial charge in [0.1, 0.15) is 11.6 Å². The number of benzene rings is 3. The van der Waals surface area contributed by atoms with Crippen LogP contribution in [0.4, 0.5) is 10.1 Å². The third kappa shape index (κ3) is 6.32. The summed E-state index contributed by atoms with van der Waals surface area (Å²) >= 11 is 0. The first-order valence-corrected chi connectivity index (χ1v) is 12.4. The van der Waals surface area contributed by atoms with E-state index < -0.39 is 15.8 Å². The van der Waals surface area contributed by atoms with Gasteiger partial charge in [-0.05, 0) is 61.9 Å². The minimum absolute atomic E-state index is 0.0742. The number of ether oxygens (including phenoxy) is 1. The largest absolute Gasteiger partial charge is 0.494 e. The number of amides is 1. The molecule has 3 aromatic carbocycles. The first-order chi connectivity index (χ1) is 15.7. The fraction of sp³-hybridized carbons (Fsp3) is 0.240. The highest BCUT2D eigenvalue weighted by atomic mass is 32.2. The summed E-state index contributed by atoms with van der Waals surface area (Å²) in [5.41, 5.74) is 2.18. The molecule has 174 valence electrons. The molecule has 0 saturated carbocycles. The quantitative estimate of drug-likeness (QED) is 0.493. The summed E-state index contributed by atoms with van der Waals surface area (Å²) in [5.74, 6) is -0.280. The zero-order valence-electron chi connectivity index (χ0n) is 18.8. The van der Waals surface area contributed by atoms with Crippen LogP contribution in [0.3, 0.4) is 0 Å². The third-order valence-electron chi connectivity index (χ3n) is 5.10. The third-order valence-corrected chi connectivity index (χ3v) is 6.24. The average molecular weight is 471 g/mol. The van der Waals surface area contributed by atoms with E-state index in [1.54, 1.807) is 18.2 Å². The Kier molecular flexibility index (Phi) is 7.71. The van der Waals surface area contributed by atoms with E-state index in [1.165, 1.54) is 24.3 Å². The summed E-state index contributed by atoms with van der Waals surface area (Å²) in [4.78, 5) is 12.9. The van der Waals surface area contributed by atoms with Crippen LogP contribution >= 0.6 is 0 Å². The van der Waals surface area contributed by atoms with Gasteiger partial charge in [-0.2, -0.15) is 0 Å². The summed E-state index contributed by atoms with van der Waals surface area (Å²) in [6.45, 7) is 4.01. The molecule has 0 spiro atoms. The zero-order chi connectivity index (χ0) is 24.0. The summed E-state index contributed by atoms with van der Waals surface area (Å²) in [6, 6.07) is 19.5. The van der Waals surface area contributed by atoms with E-state index >= 15 is 0 Å². The molecule has 0 bridgehead atoms. The van der Waals surface area contributed by atoms with Crippen LogP contribution in [0.25, 0.3) is 0 Å². The smallest absolute Gasteiger partial charge is 0.251 e. The first kappa shape index (κ1) is 24.3. The number of carbonyl (C=O) groups excluding carboxylic acids is 1. The number of hydrogen-bond donors (Lipinski definition) is 1. The first-order valence-electron chi connectivity index (χ1n) is 10.5. The number of nitrogens with zero attached hydrogens (tertiary/aromatic N) is 1. The molecule has 1 N–H and O–H groups in total. The Balaban J connectivity index is 1.91. The van der Waals surface area contributed by atoms with Gasteiger partial charge in [-0.3, -0.25) is 9.10 Å². The molecule has 0 aromatic heterocycles. The normalized spacial score (nSPS) is 12.1. The predicted octanol–water partition coefficient (Wildman–Crippen LogP) is 4.68. The van der Waals surface area contributed by atoms with Gasteiger partial charge in [-0.25, -0.2) is 12.8 Å². The Hall–Kier alpha value is -3.39. The lowest BCUT2D eigenvalue weighted by molar-refractivity contribution is 0.0939. The van der Waals surface area contributed by atoms with Gasteiger partial charge in [-0.1, -0.05) is 30.3 Å². The van der Waals surface area contributed by atoms with Crippen LogP contribution in [0.15, 0.2) is 72.8 Å². The van der Waals surface area contributed by atoms with Gasteiger partial charge < -0.3 is 10.1 Å². The monoisotopic (exact) mass is 470 g/mol. The summed E-state index contributed by atoms with van der Waals surface area (Å²) in [7, 11) is -3.69. The molecule has 0 radical (unpaired) electrons. The Bertz CT molecular complexity index is 1200. The fourth-order valence-corrected chi connectivity index (χ4v) is 4.29. The molecule has 0 aliphatic heterocycles. The molecule has 0 fully saturated rings. The van der Waals surface area contributed by atoms with E-state index in [0.717, 1.165) is 16.1 Å². The Morgan fingerprint density at radius 1 is 1.06 bits per heavy atom. The van der Waals surface area contributed by atoms with Crippen molar-refractivity contribution in [2.24, 2.45) is 0 Å². The maximum Gasteiger partial charge on any atom is 0.251 e. The van der Waals surface area contributed by atoms with Crippen LogP contribution in [-0.2, 0) is 16.6 Å². The van der Waals surface area contributed by atoms with Crippen LogP contribution in [-0.4, -0.2) is 27.2 Å². The van der Waals surface area contributed by atoms with Gasteiger partial charge in [0.2, 0.25) is 10.0 Å². The molecule has 0 aliphatic carbocycles. The van der Waals surface area contributed by atoms with Crippen molar-refractivity contribution in [1.29, 1.82) is 0 Å². The van der Waals surface area contributed by atoms with Gasteiger partial charge in [0.15, 0.2) is 0 Å². The zero-order valence-corrected chi connectivity index (χ0v) is 19.6. The lowest BCUT2D eigenvalue weighted by Gasteiger charge is -2.24. The Morgan fingerprint density at radius 3 is 2.33 bits per heavy atom. The van der Waals surface area contributed by atoms with Crippen LogP contribution in [0.5, 0.6) is 5.75 Å². The van der Waals surface area contributed by atoms with Crippen LogP contribution in [0, 0.1) is 5.82 Å². The summed E-state index contributed by atoms with van der Waals surface area (Å²) in [5, 5.41) is 2.96. The topological polar surface area (TPSA) is 75.7 Å². The molecule has 0 aliphatic rings. The van der Waals surface area contributed by atoms with E-state index in [4.69, 9.17) is 4.74 Å². The Morgan fingerprint density at radius 2 is 1.73 bits per heavy atom. The van der Waals surface area contributed by atoms with E-state index in [0.29, 0.717) is 29.2 Å². The minimum atomic E-state index is -3.69. The molecule has 1 amide bonds. The Labute approximate surface area is 194 Å². The highest BCUT2D eigenvalue weighted by Gasteiger charge is 2.21. The second-order valence-corrected chi connectivity index (χ2v) is 9.51. The van der Waals surface area contributed by atoms with Crippen LogP contribution in [0.2, 0.25) is 0 Å². The van der Waals surface area contributed by atoms with Crippen molar-refractivity contribution in [1.82, 2.24) is 5.32 Å². The number of rotatable bonds is 9. The van der Waals surface area contributed by atoms with Crippen molar-refractivity contribution in [3.05, 3.63) is 95.3 Å². The molecule has 0 heterocycles. The lowest BCUT2D eigenvalue weighted by Crippen LogP contribution is -2.30. The second kappa shape index (κ2) is 10.5. The molecular weight excluding hydrogens is 443 g/mol. The van der Waals surface area contributed by atoms with Crippen LogP contribution in [0.1, 0.15) is 41.4 Å². The van der Waals surface area contributed by atoms with E-state index in [-0.39, 0.29) is 18.5 Å². The molecule has 33 heavy (non-hydrogen) atoms. The lowest BCUT2D eigenvalue weighted by atomic mass is 10.1. The number of carbonyl (C=O) groups is 1. The van der Waals surface area contributed by atoms with Gasteiger partial charge in [0.25, 0.3) is 5.91 Å². The molecular formula is C25H27FN2O4S. The van der Waals surface area contributed by atoms with Gasteiger partial charge in [0.05, 0.1) is 31.1 Å².